The number of fused-ring (bicyclic) bond motifs is 3. The number of phenolic OH excluding ortho intramolecular Hbond substituents is 1. The molecule has 1 atom stereocenters. The summed E-state index contributed by atoms with van der Waals surface area (Å²) in [5.74, 6) is 0.102. The monoisotopic (exact) mass is 325 g/mol. The van der Waals surface area contributed by atoms with E-state index >= 15 is 0 Å². The molecule has 0 unspecified atom stereocenters. The van der Waals surface area contributed by atoms with Gasteiger partial charge < -0.3 is 15.7 Å². The Hall–Kier alpha value is -2.60. The van der Waals surface area contributed by atoms with E-state index in [0.717, 1.165) is 32.7 Å². The predicted octanol–water partition coefficient (Wildman–Crippen LogP) is 3.47. The van der Waals surface area contributed by atoms with Gasteiger partial charge in [-0.3, -0.25) is 4.79 Å². The van der Waals surface area contributed by atoms with Crippen LogP contribution < -0.4 is 10.6 Å². The lowest BCUT2D eigenvalue weighted by Crippen LogP contribution is -2.37. The Morgan fingerprint density at radius 1 is 1.17 bits per heavy atom. The molecule has 0 saturated carbocycles. The first-order valence-corrected chi connectivity index (χ1v) is 8.11. The SMILES string of the molecule is Cc1cc(C)c2c3c(sc2n1)C(=O)N[C@H](c1ccc(O)cc1)N3. The summed E-state index contributed by atoms with van der Waals surface area (Å²) < 4.78 is 0. The normalized spacial score (nSPS) is 16.8. The Morgan fingerprint density at radius 3 is 2.65 bits per heavy atom. The van der Waals surface area contributed by atoms with Gasteiger partial charge in [0.25, 0.3) is 5.91 Å². The molecule has 0 saturated heterocycles. The molecule has 0 bridgehead atoms. The summed E-state index contributed by atoms with van der Waals surface area (Å²) in [4.78, 5) is 18.6. The van der Waals surface area contributed by atoms with Crippen LogP contribution in [0.25, 0.3) is 10.2 Å². The number of hydrogen-bond acceptors (Lipinski definition) is 5. The number of carbonyl (C=O) groups excluding carboxylic acids is 1. The number of phenols is 1. The fraction of sp³-hybridized carbons (Fsp3) is 0.176. The number of aromatic nitrogens is 1. The van der Waals surface area contributed by atoms with Crippen molar-refractivity contribution in [1.82, 2.24) is 10.3 Å². The molecule has 0 fully saturated rings. The molecule has 5 nitrogen and oxygen atoms in total. The molecule has 1 amide bonds. The third-order valence-corrected chi connectivity index (χ3v) is 5.07. The Morgan fingerprint density at radius 2 is 1.91 bits per heavy atom. The first-order chi connectivity index (χ1) is 11.0. The van der Waals surface area contributed by atoms with Gasteiger partial charge in [-0.15, -0.1) is 11.3 Å². The number of nitrogens with one attached hydrogen (secondary N) is 2. The summed E-state index contributed by atoms with van der Waals surface area (Å²) in [5, 5.41) is 16.8. The lowest BCUT2D eigenvalue weighted by molar-refractivity contribution is 0.0940. The van der Waals surface area contributed by atoms with E-state index < -0.39 is 0 Å². The van der Waals surface area contributed by atoms with E-state index in [1.165, 1.54) is 11.3 Å². The van der Waals surface area contributed by atoms with Crippen LogP contribution >= 0.6 is 11.3 Å². The number of aromatic hydroxyl groups is 1. The highest BCUT2D eigenvalue weighted by molar-refractivity contribution is 7.21. The van der Waals surface area contributed by atoms with Gasteiger partial charge in [-0.1, -0.05) is 12.1 Å². The minimum atomic E-state index is -0.325. The second-order valence-corrected chi connectivity index (χ2v) is 6.71. The number of amides is 1. The van der Waals surface area contributed by atoms with Crippen LogP contribution in [0.1, 0.15) is 32.7 Å². The predicted molar refractivity (Wildman–Crippen MR) is 91.0 cm³/mol. The highest BCUT2D eigenvalue weighted by Gasteiger charge is 2.29. The Bertz CT molecular complexity index is 931. The first-order valence-electron chi connectivity index (χ1n) is 7.30. The van der Waals surface area contributed by atoms with E-state index in [0.29, 0.717) is 4.88 Å². The van der Waals surface area contributed by atoms with Crippen LogP contribution in [0.2, 0.25) is 0 Å². The molecule has 1 aromatic carbocycles. The van der Waals surface area contributed by atoms with Crippen LogP contribution in [0.5, 0.6) is 5.75 Å². The van der Waals surface area contributed by atoms with Gasteiger partial charge in [-0.05, 0) is 43.2 Å². The largest absolute Gasteiger partial charge is 0.508 e. The number of benzene rings is 1. The molecule has 1 aliphatic heterocycles. The Kier molecular flexibility index (Phi) is 3.02. The molecule has 0 aliphatic carbocycles. The molecular weight excluding hydrogens is 310 g/mol. The van der Waals surface area contributed by atoms with Gasteiger partial charge in [-0.2, -0.15) is 0 Å². The van der Waals surface area contributed by atoms with Crippen molar-refractivity contribution in [3.8, 4) is 5.75 Å². The molecular formula is C17H15N3O2S. The fourth-order valence-electron chi connectivity index (χ4n) is 2.95. The van der Waals surface area contributed by atoms with Crippen molar-refractivity contribution in [2.24, 2.45) is 0 Å². The minimum absolute atomic E-state index is 0.100. The van der Waals surface area contributed by atoms with Crippen LogP contribution in [-0.4, -0.2) is 16.0 Å². The van der Waals surface area contributed by atoms with Crippen molar-refractivity contribution in [3.05, 3.63) is 52.0 Å². The topological polar surface area (TPSA) is 74.2 Å². The molecule has 6 heteroatoms. The lowest BCUT2D eigenvalue weighted by Gasteiger charge is -2.26. The number of hydrogen-bond donors (Lipinski definition) is 3. The highest BCUT2D eigenvalue weighted by atomic mass is 32.1. The molecule has 2 aromatic heterocycles. The molecule has 0 spiro atoms. The average molecular weight is 325 g/mol. The van der Waals surface area contributed by atoms with Crippen molar-refractivity contribution in [2.45, 2.75) is 20.0 Å². The van der Waals surface area contributed by atoms with Crippen molar-refractivity contribution in [3.63, 3.8) is 0 Å². The second kappa shape index (κ2) is 4.96. The van der Waals surface area contributed by atoms with Crippen LogP contribution in [0.3, 0.4) is 0 Å². The van der Waals surface area contributed by atoms with Crippen LogP contribution in [-0.2, 0) is 0 Å². The molecule has 3 N–H and O–H groups in total. The number of anilines is 1. The second-order valence-electron chi connectivity index (χ2n) is 5.71. The molecule has 0 radical (unpaired) electrons. The number of nitrogens with zero attached hydrogens (tertiary/aromatic N) is 1. The number of rotatable bonds is 1. The van der Waals surface area contributed by atoms with Gasteiger partial charge in [-0.25, -0.2) is 4.98 Å². The summed E-state index contributed by atoms with van der Waals surface area (Å²) in [6.45, 7) is 3.99. The van der Waals surface area contributed by atoms with Gasteiger partial charge in [0, 0.05) is 11.1 Å². The zero-order chi connectivity index (χ0) is 16.1. The van der Waals surface area contributed by atoms with E-state index in [-0.39, 0.29) is 17.8 Å². The third-order valence-electron chi connectivity index (χ3n) is 3.98. The molecule has 4 rings (SSSR count). The maximum atomic E-state index is 12.5. The van der Waals surface area contributed by atoms with Crippen molar-refractivity contribution in [1.29, 1.82) is 0 Å². The summed E-state index contributed by atoms with van der Waals surface area (Å²) in [6, 6.07) is 8.84. The number of carbonyl (C=O) groups is 1. The van der Waals surface area contributed by atoms with Gasteiger partial charge in [0.15, 0.2) is 0 Å². The zero-order valence-corrected chi connectivity index (χ0v) is 13.5. The van der Waals surface area contributed by atoms with Crippen LogP contribution in [0, 0.1) is 13.8 Å². The van der Waals surface area contributed by atoms with Crippen molar-refractivity contribution in [2.75, 3.05) is 5.32 Å². The quantitative estimate of drug-likeness (QED) is 0.640. The summed E-state index contributed by atoms with van der Waals surface area (Å²) in [7, 11) is 0. The smallest absolute Gasteiger partial charge is 0.265 e. The third kappa shape index (κ3) is 2.22. The molecule has 116 valence electrons. The van der Waals surface area contributed by atoms with E-state index in [9.17, 15) is 9.90 Å². The summed E-state index contributed by atoms with van der Waals surface area (Å²) in [5.41, 5.74) is 3.79. The van der Waals surface area contributed by atoms with E-state index in [1.807, 2.05) is 19.9 Å². The van der Waals surface area contributed by atoms with Gasteiger partial charge in [0.1, 0.15) is 21.6 Å². The first kappa shape index (κ1) is 14.0. The minimum Gasteiger partial charge on any atom is -0.508 e. The molecule has 23 heavy (non-hydrogen) atoms. The fourth-order valence-corrected chi connectivity index (χ4v) is 4.11. The number of thiophene rings is 1. The lowest BCUT2D eigenvalue weighted by atomic mass is 10.1. The molecule has 3 heterocycles. The standard InChI is InChI=1S/C17H15N3O2S/c1-8-7-9(2)18-17-12(8)13-14(23-17)16(22)20-15(19-13)10-3-5-11(21)6-4-10/h3-7,15,19,21H,1-2H3,(H,20,22)/t15-/m1/s1. The molecule has 1 aliphatic rings. The Labute approximate surface area is 137 Å². The van der Waals surface area contributed by atoms with Gasteiger partial charge in [0.05, 0.1) is 5.69 Å². The number of pyridine rings is 1. The van der Waals surface area contributed by atoms with Crippen molar-refractivity contribution < 1.29 is 9.90 Å². The maximum absolute atomic E-state index is 12.5. The van der Waals surface area contributed by atoms with Crippen LogP contribution in [0.4, 0.5) is 5.69 Å². The maximum Gasteiger partial charge on any atom is 0.265 e. The highest BCUT2D eigenvalue weighted by Crippen LogP contribution is 2.40. The summed E-state index contributed by atoms with van der Waals surface area (Å²) in [6.07, 6.45) is -0.325. The zero-order valence-electron chi connectivity index (χ0n) is 12.7. The number of aryl methyl sites for hydroxylation is 2. The van der Waals surface area contributed by atoms with E-state index in [4.69, 9.17) is 0 Å². The van der Waals surface area contributed by atoms with Crippen molar-refractivity contribution >= 4 is 33.1 Å². The summed E-state index contributed by atoms with van der Waals surface area (Å²) >= 11 is 1.41. The van der Waals surface area contributed by atoms with Crippen LogP contribution in [0.15, 0.2) is 30.3 Å². The molecule has 3 aromatic rings. The average Bonchev–Trinajstić information content (AvgIpc) is 2.87. The van der Waals surface area contributed by atoms with E-state index in [2.05, 4.69) is 15.6 Å². The van der Waals surface area contributed by atoms with Gasteiger partial charge in [0.2, 0.25) is 0 Å². The van der Waals surface area contributed by atoms with E-state index in [1.54, 1.807) is 24.3 Å². The Balaban J connectivity index is 1.84. The van der Waals surface area contributed by atoms with Gasteiger partial charge >= 0.3 is 0 Å².